The molecule has 0 aromatic carbocycles. The third kappa shape index (κ3) is 3.11. The first-order chi connectivity index (χ1) is 10.4. The monoisotopic (exact) mass is 324 g/mol. The first-order valence-electron chi connectivity index (χ1n) is 9.96. The van der Waals surface area contributed by atoms with Crippen LogP contribution in [-0.4, -0.2) is 28.0 Å². The van der Waals surface area contributed by atoms with Crippen molar-refractivity contribution in [3.63, 3.8) is 0 Å². The Bertz CT molecular complexity index is 295. The second kappa shape index (κ2) is 6.77. The van der Waals surface area contributed by atoms with Crippen LogP contribution in [0.15, 0.2) is 0 Å². The van der Waals surface area contributed by atoms with Crippen LogP contribution in [0.5, 0.6) is 0 Å². The molecule has 4 atom stereocenters. The van der Waals surface area contributed by atoms with Gasteiger partial charge < -0.3 is 0 Å². The van der Waals surface area contributed by atoms with Gasteiger partial charge in [-0.25, -0.2) is 0 Å². The van der Waals surface area contributed by atoms with Gasteiger partial charge in [-0.3, -0.25) is 0 Å². The Morgan fingerprint density at radius 1 is 0.619 bits per heavy atom. The second-order valence-corrected chi connectivity index (χ2v) is 14.1. The molecule has 4 fully saturated rings. The van der Waals surface area contributed by atoms with Crippen LogP contribution in [0.4, 0.5) is 0 Å². The summed E-state index contributed by atoms with van der Waals surface area (Å²) in [6.07, 6.45) is 20.5. The van der Waals surface area contributed by atoms with E-state index in [0.717, 1.165) is 0 Å². The predicted octanol–water partition coefficient (Wildman–Crippen LogP) is 6.90. The molecule has 120 valence electrons. The Kier molecular flexibility index (Phi) is 4.96. The van der Waals surface area contributed by atoms with Gasteiger partial charge in [0.15, 0.2) is 0 Å². The molecule has 0 spiro atoms. The molecule has 0 N–H and O–H groups in total. The van der Waals surface area contributed by atoms with Crippen molar-refractivity contribution in [3.05, 3.63) is 0 Å². The number of hydrogen-bond donors (Lipinski definition) is 0. The molecular weight excluding hydrogens is 290 g/mol. The van der Waals surface area contributed by atoms with Crippen molar-refractivity contribution in [1.29, 1.82) is 0 Å². The molecule has 4 aliphatic rings. The van der Waals surface area contributed by atoms with Crippen LogP contribution in [0.1, 0.15) is 90.4 Å². The van der Waals surface area contributed by atoms with Gasteiger partial charge in [-0.2, -0.15) is 0 Å². The van der Waals surface area contributed by atoms with Crippen molar-refractivity contribution in [2.45, 2.75) is 118 Å². The summed E-state index contributed by atoms with van der Waals surface area (Å²) in [6, 6.07) is 0. The van der Waals surface area contributed by atoms with Gasteiger partial charge in [0.25, 0.3) is 0 Å². The van der Waals surface area contributed by atoms with E-state index in [1.807, 2.05) is 0 Å². The van der Waals surface area contributed by atoms with Crippen LogP contribution < -0.4 is 0 Å². The number of rotatable bonds is 3. The molecule has 2 heterocycles. The van der Waals surface area contributed by atoms with Gasteiger partial charge in [0, 0.05) is 5.40 Å². The molecule has 0 nitrogen and oxygen atoms in total. The van der Waals surface area contributed by atoms with E-state index < -0.39 is 0 Å². The molecule has 0 aromatic heterocycles. The van der Waals surface area contributed by atoms with E-state index in [9.17, 15) is 0 Å². The summed E-state index contributed by atoms with van der Waals surface area (Å²) in [7, 11) is 0.970. The summed E-state index contributed by atoms with van der Waals surface area (Å²) in [5, 5.41) is 1.26. The van der Waals surface area contributed by atoms with Crippen LogP contribution in [-0.2, 0) is 0 Å². The van der Waals surface area contributed by atoms with Crippen LogP contribution in [0.3, 0.4) is 0 Å². The zero-order valence-electron chi connectivity index (χ0n) is 14.0. The maximum atomic E-state index is 2.55. The number of hydrogen-bond acceptors (Lipinski definition) is 0. The van der Waals surface area contributed by atoms with Crippen LogP contribution in [0, 0.1) is 0 Å². The zero-order chi connectivity index (χ0) is 14.2. The average Bonchev–Trinajstić information content (AvgIpc) is 3.28. The minimum atomic E-state index is 0.485. The fourth-order valence-corrected chi connectivity index (χ4v) is 16.0. The van der Waals surface area contributed by atoms with Gasteiger partial charge >= 0.3 is 0 Å². The van der Waals surface area contributed by atoms with Gasteiger partial charge in [0.1, 0.15) is 0 Å². The van der Waals surface area contributed by atoms with Crippen LogP contribution in [0.25, 0.3) is 0 Å². The largest absolute Gasteiger partial charge is 0.0915 e. The lowest BCUT2D eigenvalue weighted by molar-refractivity contribution is 0.551. The summed E-state index contributed by atoms with van der Waals surface area (Å²) in [5.74, 6) is 0. The molecule has 0 radical (unpaired) electrons. The molecule has 0 bridgehead atoms. The first kappa shape index (κ1) is 15.4. The Labute approximate surface area is 134 Å². The third-order valence-corrected chi connectivity index (χ3v) is 15.3. The highest BCUT2D eigenvalue weighted by atomic mass is 31.2. The topological polar surface area (TPSA) is 0 Å². The highest BCUT2D eigenvalue weighted by Gasteiger charge is 2.60. The Hall–Kier alpha value is 0.860. The van der Waals surface area contributed by atoms with Crippen molar-refractivity contribution in [2.75, 3.05) is 0 Å². The van der Waals surface area contributed by atoms with Gasteiger partial charge in [-0.1, -0.05) is 74.1 Å². The summed E-state index contributed by atoms with van der Waals surface area (Å²) in [4.78, 5) is 0. The maximum Gasteiger partial charge on any atom is 0.000232 e. The predicted molar refractivity (Wildman–Crippen MR) is 98.5 cm³/mol. The lowest BCUT2D eigenvalue weighted by Gasteiger charge is -2.17. The molecule has 4 rings (SSSR count). The normalized spacial score (nSPS) is 47.9. The summed E-state index contributed by atoms with van der Waals surface area (Å²) in [5.41, 5.74) is 5.00. The molecular formula is C19H34P2. The maximum absolute atomic E-state index is 2.55. The van der Waals surface area contributed by atoms with Crippen LogP contribution in [0.2, 0.25) is 0 Å². The van der Waals surface area contributed by atoms with Crippen molar-refractivity contribution in [3.8, 4) is 0 Å². The smallest absolute Gasteiger partial charge is 0.000232 e. The zero-order valence-corrected chi connectivity index (χ0v) is 15.8. The van der Waals surface area contributed by atoms with E-state index in [-0.39, 0.29) is 0 Å². The summed E-state index contributed by atoms with van der Waals surface area (Å²) < 4.78 is 0. The summed E-state index contributed by atoms with van der Waals surface area (Å²) >= 11 is 0. The van der Waals surface area contributed by atoms with E-state index in [1.54, 1.807) is 83.5 Å². The molecule has 2 heteroatoms. The molecule has 21 heavy (non-hydrogen) atoms. The molecule has 2 saturated carbocycles. The lowest BCUT2D eigenvalue weighted by Crippen LogP contribution is -1.97. The van der Waals surface area contributed by atoms with E-state index in [0.29, 0.717) is 15.8 Å². The molecule has 4 unspecified atom stereocenters. The lowest BCUT2D eigenvalue weighted by atomic mass is 10.0. The van der Waals surface area contributed by atoms with Crippen molar-refractivity contribution in [1.82, 2.24) is 0 Å². The summed E-state index contributed by atoms with van der Waals surface area (Å²) in [6.45, 7) is 2.55. The fraction of sp³-hybridized carbons (Fsp3) is 1.00. The van der Waals surface area contributed by atoms with Gasteiger partial charge in [0.2, 0.25) is 0 Å². The van der Waals surface area contributed by atoms with Crippen LogP contribution >= 0.6 is 15.8 Å². The van der Waals surface area contributed by atoms with E-state index in [2.05, 4.69) is 6.92 Å². The Morgan fingerprint density at radius 2 is 0.952 bits per heavy atom. The van der Waals surface area contributed by atoms with Gasteiger partial charge in [-0.05, 0) is 54.7 Å². The van der Waals surface area contributed by atoms with Crippen molar-refractivity contribution < 1.29 is 0 Å². The van der Waals surface area contributed by atoms with Crippen molar-refractivity contribution >= 4 is 15.8 Å². The Balaban J connectivity index is 1.41. The van der Waals surface area contributed by atoms with Gasteiger partial charge in [0.05, 0.1) is 0 Å². The molecule has 2 saturated heterocycles. The minimum Gasteiger partial charge on any atom is -0.0915 e. The average molecular weight is 324 g/mol. The van der Waals surface area contributed by atoms with E-state index in [4.69, 9.17) is 0 Å². The highest BCUT2D eigenvalue weighted by Crippen LogP contribution is 2.87. The molecule has 0 amide bonds. The molecule has 0 aromatic rings. The molecule has 2 aliphatic heterocycles. The van der Waals surface area contributed by atoms with E-state index in [1.165, 1.54) is 28.0 Å². The van der Waals surface area contributed by atoms with Crippen molar-refractivity contribution in [2.24, 2.45) is 0 Å². The Morgan fingerprint density at radius 3 is 1.24 bits per heavy atom. The molecule has 2 aliphatic carbocycles. The number of fused-ring (bicyclic) bond motifs is 2. The van der Waals surface area contributed by atoms with Gasteiger partial charge in [-0.15, -0.1) is 0 Å². The fourth-order valence-electron chi connectivity index (χ4n) is 5.66. The quantitative estimate of drug-likeness (QED) is 0.495. The standard InChI is InChI=1S/C19H34P2/c1-2-19(20-15-11-7-3-4-8-12-16(15)20)21-17-13-9-5-6-10-14-18(17)21/h15-19H,2-14H2,1H3. The SMILES string of the molecule is CCC(P1C2CCCCCCC21)P1C2CCCCCCC21. The van der Waals surface area contributed by atoms with E-state index >= 15 is 0 Å². The third-order valence-electron chi connectivity index (χ3n) is 6.79. The second-order valence-electron chi connectivity index (χ2n) is 8.04. The minimum absolute atomic E-state index is 0.485. The first-order valence-corrected chi connectivity index (χ1v) is 13.1. The highest BCUT2D eigenvalue weighted by molar-refractivity contribution is 7.84.